The van der Waals surface area contributed by atoms with Crippen LogP contribution < -0.4 is 5.43 Å². The molecule has 0 saturated carbocycles. The van der Waals surface area contributed by atoms with Crippen LogP contribution in [0.15, 0.2) is 70.3 Å². The Balaban J connectivity index is 1.70. The number of halogens is 2. The highest BCUT2D eigenvalue weighted by atomic mass is 79.9. The van der Waals surface area contributed by atoms with Crippen molar-refractivity contribution < 1.29 is 9.50 Å². The zero-order chi connectivity index (χ0) is 22.0. The van der Waals surface area contributed by atoms with Crippen molar-refractivity contribution in [2.24, 2.45) is 0 Å². The number of aromatic hydroxyl groups is 1. The van der Waals surface area contributed by atoms with Crippen LogP contribution in [0.25, 0.3) is 11.5 Å². The molecule has 0 aliphatic heterocycles. The highest BCUT2D eigenvalue weighted by Gasteiger charge is 2.21. The topological polar surface area (TPSA) is 83.8 Å². The number of hydrogen-bond donors (Lipinski definition) is 2. The number of nitrogens with zero attached hydrogens (tertiary/aromatic N) is 3. The molecule has 0 aliphatic carbocycles. The van der Waals surface area contributed by atoms with Gasteiger partial charge in [0.15, 0.2) is 11.6 Å². The third-order valence-electron chi connectivity index (χ3n) is 5.33. The Labute approximate surface area is 186 Å². The molecule has 0 amide bonds. The fourth-order valence-corrected chi connectivity index (χ4v) is 4.40. The second-order valence-electron chi connectivity index (χ2n) is 7.27. The highest BCUT2D eigenvalue weighted by molar-refractivity contribution is 9.10. The van der Waals surface area contributed by atoms with Crippen molar-refractivity contribution >= 4 is 15.9 Å². The van der Waals surface area contributed by atoms with Crippen molar-refractivity contribution in [2.45, 2.75) is 25.8 Å². The second kappa shape index (κ2) is 8.85. The summed E-state index contributed by atoms with van der Waals surface area (Å²) in [6, 6.07) is 12.9. The van der Waals surface area contributed by atoms with Crippen LogP contribution in [0.1, 0.15) is 29.0 Å². The molecule has 6 nitrogen and oxygen atoms in total. The molecule has 1 atom stereocenters. The van der Waals surface area contributed by atoms with E-state index >= 15 is 0 Å². The summed E-state index contributed by atoms with van der Waals surface area (Å²) in [6.45, 7) is 2.61. The molecule has 0 spiro atoms. The van der Waals surface area contributed by atoms with E-state index in [9.17, 15) is 14.3 Å². The quantitative estimate of drug-likeness (QED) is 0.414. The van der Waals surface area contributed by atoms with Gasteiger partial charge in [-0.2, -0.15) is 5.10 Å². The van der Waals surface area contributed by atoms with E-state index in [1.807, 2.05) is 16.7 Å². The number of hydrogen-bond acceptors (Lipinski definition) is 4. The first-order valence-corrected chi connectivity index (χ1v) is 10.5. The minimum Gasteiger partial charge on any atom is -0.503 e. The highest BCUT2D eigenvalue weighted by Crippen LogP contribution is 2.36. The molecule has 2 N–H and O–H groups in total. The third-order valence-corrected chi connectivity index (χ3v) is 6.01. The molecule has 0 radical (unpaired) electrons. The van der Waals surface area contributed by atoms with E-state index in [0.717, 1.165) is 22.9 Å². The van der Waals surface area contributed by atoms with E-state index in [0.29, 0.717) is 23.3 Å². The molecule has 2 aromatic carbocycles. The van der Waals surface area contributed by atoms with Gasteiger partial charge in [0.1, 0.15) is 11.5 Å². The number of nitrogens with one attached hydrogen (secondary N) is 1. The molecular formula is C23H20BrFN4O2. The van der Waals surface area contributed by atoms with Crippen LogP contribution in [0, 0.1) is 12.7 Å². The SMILES string of the molecule is Cc1ccccc1C(CCn1ccnc1-c1[nH]ncc(=O)c1O)c1ccc(F)cc1Br. The number of benzene rings is 2. The number of aryl methyl sites for hydroxylation is 2. The Kier molecular flexibility index (Phi) is 5.99. The summed E-state index contributed by atoms with van der Waals surface area (Å²) >= 11 is 3.52. The van der Waals surface area contributed by atoms with Crippen molar-refractivity contribution in [2.75, 3.05) is 0 Å². The minimum absolute atomic E-state index is 0.00651. The van der Waals surface area contributed by atoms with Crippen molar-refractivity contribution in [1.82, 2.24) is 19.7 Å². The summed E-state index contributed by atoms with van der Waals surface area (Å²) in [5.41, 5.74) is 2.87. The summed E-state index contributed by atoms with van der Waals surface area (Å²) in [5, 5.41) is 16.6. The molecule has 0 bridgehead atoms. The minimum atomic E-state index is -0.573. The Bertz CT molecular complexity index is 1280. The predicted molar refractivity (Wildman–Crippen MR) is 119 cm³/mol. The van der Waals surface area contributed by atoms with Gasteiger partial charge in [0, 0.05) is 29.3 Å². The molecule has 158 valence electrons. The van der Waals surface area contributed by atoms with Crippen LogP contribution in [0.5, 0.6) is 5.75 Å². The molecule has 0 aliphatic rings. The van der Waals surface area contributed by atoms with Gasteiger partial charge in [0.2, 0.25) is 5.43 Å². The van der Waals surface area contributed by atoms with Crippen molar-refractivity contribution in [3.63, 3.8) is 0 Å². The number of H-pyrrole nitrogens is 1. The molecule has 2 heterocycles. The maximum absolute atomic E-state index is 13.7. The number of aromatic nitrogens is 4. The summed E-state index contributed by atoms with van der Waals surface area (Å²) in [7, 11) is 0. The van der Waals surface area contributed by atoms with Gasteiger partial charge in [-0.1, -0.05) is 46.3 Å². The standard InChI is InChI=1S/C23H20BrFN4O2/c1-14-4-2-3-5-16(14)17(18-7-6-15(25)12-19(18)24)8-10-29-11-9-26-23(29)21-22(31)20(30)13-27-28-21/h2-7,9,11-13,17H,8,10H2,1H3,(H,27,31)(H,28,30). The van der Waals surface area contributed by atoms with Crippen molar-refractivity contribution in [3.8, 4) is 17.3 Å². The monoisotopic (exact) mass is 482 g/mol. The number of aromatic amines is 1. The lowest BCUT2D eigenvalue weighted by molar-refractivity contribution is 0.466. The van der Waals surface area contributed by atoms with E-state index < -0.39 is 11.2 Å². The van der Waals surface area contributed by atoms with Crippen LogP contribution in [0.2, 0.25) is 0 Å². The zero-order valence-electron chi connectivity index (χ0n) is 16.7. The van der Waals surface area contributed by atoms with E-state index in [-0.39, 0.29) is 17.4 Å². The van der Waals surface area contributed by atoms with Gasteiger partial charge in [-0.3, -0.25) is 9.89 Å². The largest absolute Gasteiger partial charge is 0.503 e. The van der Waals surface area contributed by atoms with Gasteiger partial charge < -0.3 is 9.67 Å². The Morgan fingerprint density at radius 1 is 1.23 bits per heavy atom. The van der Waals surface area contributed by atoms with Gasteiger partial charge in [0.25, 0.3) is 0 Å². The number of imidazole rings is 1. The lowest BCUT2D eigenvalue weighted by Gasteiger charge is -2.22. The molecule has 4 aromatic rings. The maximum Gasteiger partial charge on any atom is 0.242 e. The van der Waals surface area contributed by atoms with Crippen LogP contribution in [0.3, 0.4) is 0 Å². The van der Waals surface area contributed by atoms with Crippen LogP contribution >= 0.6 is 15.9 Å². The normalized spacial score (nSPS) is 12.1. The Morgan fingerprint density at radius 2 is 2.03 bits per heavy atom. The molecular weight excluding hydrogens is 463 g/mol. The molecule has 4 rings (SSSR count). The lowest BCUT2D eigenvalue weighted by Crippen LogP contribution is -2.11. The van der Waals surface area contributed by atoms with E-state index in [2.05, 4.69) is 50.2 Å². The maximum atomic E-state index is 13.7. The Hall–Kier alpha value is -3.26. The van der Waals surface area contributed by atoms with Gasteiger partial charge in [-0.25, -0.2) is 9.37 Å². The zero-order valence-corrected chi connectivity index (χ0v) is 18.3. The Morgan fingerprint density at radius 3 is 2.81 bits per heavy atom. The summed E-state index contributed by atoms with van der Waals surface area (Å²) in [4.78, 5) is 16.1. The molecule has 8 heteroatoms. The lowest BCUT2D eigenvalue weighted by atomic mass is 9.86. The summed E-state index contributed by atoms with van der Waals surface area (Å²) < 4.78 is 16.3. The fourth-order valence-electron chi connectivity index (χ4n) is 3.77. The van der Waals surface area contributed by atoms with Gasteiger partial charge in [0.05, 0.1) is 6.20 Å². The predicted octanol–water partition coefficient (Wildman–Crippen LogP) is 4.77. The van der Waals surface area contributed by atoms with E-state index in [1.54, 1.807) is 18.5 Å². The molecule has 0 saturated heterocycles. The smallest absolute Gasteiger partial charge is 0.242 e. The average molecular weight is 483 g/mol. The molecule has 31 heavy (non-hydrogen) atoms. The second-order valence-corrected chi connectivity index (χ2v) is 8.12. The van der Waals surface area contributed by atoms with Crippen LogP contribution in [0.4, 0.5) is 4.39 Å². The average Bonchev–Trinajstić information content (AvgIpc) is 3.21. The summed E-state index contributed by atoms with van der Waals surface area (Å²) in [5.74, 6) is -0.302. The number of rotatable bonds is 6. The fraction of sp³-hybridized carbons (Fsp3) is 0.174. The van der Waals surface area contributed by atoms with Crippen LogP contribution in [-0.4, -0.2) is 24.9 Å². The first-order valence-electron chi connectivity index (χ1n) is 9.74. The third kappa shape index (κ3) is 4.29. The van der Waals surface area contributed by atoms with E-state index in [4.69, 9.17) is 0 Å². The summed E-state index contributed by atoms with van der Waals surface area (Å²) in [6.07, 6.45) is 5.10. The first kappa shape index (κ1) is 21.0. The van der Waals surface area contributed by atoms with Gasteiger partial charge in [-0.05, 0) is 42.2 Å². The van der Waals surface area contributed by atoms with Crippen molar-refractivity contribution in [1.29, 1.82) is 0 Å². The first-order chi connectivity index (χ1) is 15.0. The van der Waals surface area contributed by atoms with Gasteiger partial charge >= 0.3 is 0 Å². The molecule has 2 aromatic heterocycles. The molecule has 0 fully saturated rings. The van der Waals surface area contributed by atoms with E-state index in [1.165, 1.54) is 12.1 Å². The van der Waals surface area contributed by atoms with Crippen LogP contribution in [-0.2, 0) is 6.54 Å². The van der Waals surface area contributed by atoms with Gasteiger partial charge in [-0.15, -0.1) is 0 Å². The van der Waals surface area contributed by atoms with Crippen molar-refractivity contribution in [3.05, 3.63) is 98.3 Å². The molecule has 1 unspecified atom stereocenters.